The summed E-state index contributed by atoms with van der Waals surface area (Å²) < 4.78 is 14.4. The second kappa shape index (κ2) is 8.33. The Balaban J connectivity index is 1.53. The average molecular weight is 410 g/mol. The van der Waals surface area contributed by atoms with E-state index >= 15 is 0 Å². The number of amides is 1. The van der Waals surface area contributed by atoms with Gasteiger partial charge in [0.05, 0.1) is 23.3 Å². The number of carbonyl (C=O) groups is 1. The maximum absolute atomic E-state index is 14.4. The number of likely N-dealkylation sites (tertiary alicyclic amines) is 1. The van der Waals surface area contributed by atoms with Crippen molar-refractivity contribution in [2.75, 3.05) is 19.7 Å². The van der Waals surface area contributed by atoms with Gasteiger partial charge in [-0.3, -0.25) is 9.59 Å². The number of aliphatic hydroxyl groups excluding tert-OH is 1. The van der Waals surface area contributed by atoms with Crippen LogP contribution >= 0.6 is 0 Å². The Morgan fingerprint density at radius 1 is 1.30 bits per heavy atom. The Kier molecular flexibility index (Phi) is 5.61. The number of nitrogens with one attached hydrogen (secondary N) is 2. The number of fused-ring (bicyclic) bond motifs is 1. The lowest BCUT2D eigenvalue weighted by Gasteiger charge is -2.41. The number of aromatic amines is 1. The molecule has 1 aliphatic rings. The van der Waals surface area contributed by atoms with Crippen molar-refractivity contribution in [3.63, 3.8) is 0 Å². The zero-order valence-electron chi connectivity index (χ0n) is 16.6. The number of carbonyl (C=O) groups excluding carboxylic acids is 1. The number of aromatic nitrogens is 2. The van der Waals surface area contributed by atoms with Gasteiger partial charge in [0.1, 0.15) is 5.82 Å². The van der Waals surface area contributed by atoms with Gasteiger partial charge < -0.3 is 15.3 Å². The first-order valence-corrected chi connectivity index (χ1v) is 9.87. The Labute approximate surface area is 172 Å². The van der Waals surface area contributed by atoms with Gasteiger partial charge in [-0.15, -0.1) is 0 Å². The highest BCUT2D eigenvalue weighted by Crippen LogP contribution is 2.21. The van der Waals surface area contributed by atoms with Crippen molar-refractivity contribution in [2.45, 2.75) is 25.4 Å². The van der Waals surface area contributed by atoms with Crippen LogP contribution in [0.25, 0.3) is 10.8 Å². The average Bonchev–Trinajstić information content (AvgIpc) is 2.73. The van der Waals surface area contributed by atoms with Crippen LogP contribution in [0.3, 0.4) is 0 Å². The van der Waals surface area contributed by atoms with Crippen LogP contribution in [-0.4, -0.2) is 57.9 Å². The maximum Gasteiger partial charge on any atom is 0.272 e. The largest absolute Gasteiger partial charge is 0.395 e. The summed E-state index contributed by atoms with van der Waals surface area (Å²) in [5.74, 6) is -0.925. The van der Waals surface area contributed by atoms with Crippen molar-refractivity contribution in [3.8, 4) is 0 Å². The molecule has 1 aromatic heterocycles. The Morgan fingerprint density at radius 3 is 2.77 bits per heavy atom. The Hall–Kier alpha value is -3.10. The molecule has 1 fully saturated rings. The summed E-state index contributed by atoms with van der Waals surface area (Å²) in [6.45, 7) is 2.83. The van der Waals surface area contributed by atoms with E-state index in [0.29, 0.717) is 30.6 Å². The second-order valence-corrected chi connectivity index (χ2v) is 7.69. The predicted molar refractivity (Wildman–Crippen MR) is 111 cm³/mol. The quantitative estimate of drug-likeness (QED) is 0.571. The van der Waals surface area contributed by atoms with Crippen LogP contribution in [-0.2, 0) is 6.42 Å². The first kappa shape index (κ1) is 20.2. The van der Waals surface area contributed by atoms with E-state index in [1.54, 1.807) is 29.2 Å². The zero-order chi connectivity index (χ0) is 21.3. The monoisotopic (exact) mass is 410 g/mol. The van der Waals surface area contributed by atoms with Crippen molar-refractivity contribution >= 4 is 16.7 Å². The van der Waals surface area contributed by atoms with E-state index in [0.717, 1.165) is 10.9 Å². The molecule has 1 aliphatic heterocycles. The fourth-order valence-electron chi connectivity index (χ4n) is 3.72. The van der Waals surface area contributed by atoms with E-state index in [9.17, 15) is 14.0 Å². The molecule has 30 heavy (non-hydrogen) atoms. The SMILES string of the molecule is CC(CO)NC1CN(C(=O)c2cc(Cc3n[nH]c(=O)c4ccccc34)ccc2F)C1. The number of aliphatic hydroxyl groups is 1. The van der Waals surface area contributed by atoms with E-state index in [1.165, 1.54) is 6.07 Å². The third-order valence-electron chi connectivity index (χ3n) is 5.37. The maximum atomic E-state index is 14.4. The highest BCUT2D eigenvalue weighted by molar-refractivity contribution is 5.95. The highest BCUT2D eigenvalue weighted by Gasteiger charge is 2.32. The van der Waals surface area contributed by atoms with Crippen LogP contribution in [0.2, 0.25) is 0 Å². The van der Waals surface area contributed by atoms with Crippen LogP contribution in [0.15, 0.2) is 47.3 Å². The van der Waals surface area contributed by atoms with Crippen LogP contribution in [0.4, 0.5) is 4.39 Å². The lowest BCUT2D eigenvalue weighted by atomic mass is 10.0. The second-order valence-electron chi connectivity index (χ2n) is 7.69. The van der Waals surface area contributed by atoms with E-state index < -0.39 is 5.82 Å². The molecule has 1 saturated heterocycles. The molecule has 3 N–H and O–H groups in total. The molecule has 2 aromatic carbocycles. The summed E-state index contributed by atoms with van der Waals surface area (Å²) in [4.78, 5) is 26.3. The van der Waals surface area contributed by atoms with E-state index in [2.05, 4.69) is 15.5 Å². The Bertz CT molecular complexity index is 1140. The lowest BCUT2D eigenvalue weighted by molar-refractivity contribution is 0.0537. The molecule has 1 amide bonds. The number of hydrogen-bond donors (Lipinski definition) is 3. The van der Waals surface area contributed by atoms with Crippen LogP contribution in [0.1, 0.15) is 28.5 Å². The molecule has 7 nitrogen and oxygen atoms in total. The van der Waals surface area contributed by atoms with Crippen LogP contribution < -0.4 is 10.9 Å². The number of benzene rings is 2. The molecule has 0 aliphatic carbocycles. The van der Waals surface area contributed by atoms with Gasteiger partial charge in [-0.2, -0.15) is 5.10 Å². The molecule has 4 rings (SSSR count). The standard InChI is InChI=1S/C22H23FN4O3/c1-13(12-28)24-15-10-27(11-15)22(30)18-8-14(6-7-19(18)23)9-20-16-4-2-3-5-17(16)21(29)26-25-20/h2-8,13,15,24,28H,9-12H2,1H3,(H,26,29). The minimum atomic E-state index is -0.567. The van der Waals surface area contributed by atoms with E-state index in [-0.39, 0.29) is 35.7 Å². The number of halogens is 1. The molecule has 0 radical (unpaired) electrons. The Morgan fingerprint density at radius 2 is 2.03 bits per heavy atom. The summed E-state index contributed by atoms with van der Waals surface area (Å²) in [7, 11) is 0. The molecule has 0 bridgehead atoms. The van der Waals surface area contributed by atoms with Gasteiger partial charge in [0.15, 0.2) is 0 Å². The molecule has 0 saturated carbocycles. The molecule has 156 valence electrons. The van der Waals surface area contributed by atoms with E-state index in [1.807, 2.05) is 19.1 Å². The van der Waals surface area contributed by atoms with Crippen molar-refractivity contribution < 1.29 is 14.3 Å². The third kappa shape index (κ3) is 3.96. The lowest BCUT2D eigenvalue weighted by Crippen LogP contribution is -2.61. The number of rotatable bonds is 6. The van der Waals surface area contributed by atoms with Crippen LogP contribution in [0.5, 0.6) is 0 Å². The number of H-pyrrole nitrogens is 1. The van der Waals surface area contributed by atoms with E-state index in [4.69, 9.17) is 5.11 Å². The molecule has 8 heteroatoms. The summed E-state index contributed by atoms with van der Waals surface area (Å²) >= 11 is 0. The van der Waals surface area contributed by atoms with Crippen molar-refractivity contribution in [1.29, 1.82) is 0 Å². The molecule has 3 aromatic rings. The normalized spacial score (nSPS) is 15.2. The van der Waals surface area contributed by atoms with Crippen molar-refractivity contribution in [3.05, 3.63) is 75.5 Å². The molecule has 1 atom stereocenters. The van der Waals surface area contributed by atoms with Gasteiger partial charge in [0, 0.05) is 37.0 Å². The van der Waals surface area contributed by atoms with Gasteiger partial charge in [-0.05, 0) is 30.7 Å². The smallest absolute Gasteiger partial charge is 0.272 e. The summed E-state index contributed by atoms with van der Waals surface area (Å²) in [5, 5.41) is 20.2. The fourth-order valence-corrected chi connectivity index (χ4v) is 3.72. The summed E-state index contributed by atoms with van der Waals surface area (Å²) in [6, 6.07) is 11.7. The minimum Gasteiger partial charge on any atom is -0.395 e. The molecule has 2 heterocycles. The van der Waals surface area contributed by atoms with Gasteiger partial charge >= 0.3 is 0 Å². The first-order valence-electron chi connectivity index (χ1n) is 9.87. The van der Waals surface area contributed by atoms with Crippen LogP contribution in [0, 0.1) is 5.82 Å². The molecular weight excluding hydrogens is 387 g/mol. The van der Waals surface area contributed by atoms with Gasteiger partial charge in [-0.1, -0.05) is 24.3 Å². The third-order valence-corrected chi connectivity index (χ3v) is 5.37. The minimum absolute atomic E-state index is 0.0224. The van der Waals surface area contributed by atoms with Gasteiger partial charge in [-0.25, -0.2) is 9.49 Å². The summed E-state index contributed by atoms with van der Waals surface area (Å²) in [6.07, 6.45) is 0.357. The van der Waals surface area contributed by atoms with Crippen molar-refractivity contribution in [1.82, 2.24) is 20.4 Å². The topological polar surface area (TPSA) is 98.3 Å². The predicted octanol–water partition coefficient (Wildman–Crippen LogP) is 1.45. The van der Waals surface area contributed by atoms with Gasteiger partial charge in [0.2, 0.25) is 0 Å². The first-order chi connectivity index (χ1) is 14.5. The zero-order valence-corrected chi connectivity index (χ0v) is 16.6. The molecule has 1 unspecified atom stereocenters. The number of hydrogen-bond acceptors (Lipinski definition) is 5. The fraction of sp³-hybridized carbons (Fsp3) is 0.318. The summed E-state index contributed by atoms with van der Waals surface area (Å²) in [5.41, 5.74) is 1.14. The van der Waals surface area contributed by atoms with Gasteiger partial charge in [0.25, 0.3) is 11.5 Å². The molecule has 0 spiro atoms. The molecular formula is C22H23FN4O3. The number of nitrogens with zero attached hydrogens (tertiary/aromatic N) is 2. The van der Waals surface area contributed by atoms with Crippen molar-refractivity contribution in [2.24, 2.45) is 0 Å². The highest BCUT2D eigenvalue weighted by atomic mass is 19.1.